The van der Waals surface area contributed by atoms with Crippen LogP contribution in [0.25, 0.3) is 0 Å². The number of rotatable bonds is 4. The van der Waals surface area contributed by atoms with E-state index in [2.05, 4.69) is 22.8 Å². The lowest BCUT2D eigenvalue weighted by Gasteiger charge is -2.08. The van der Waals surface area contributed by atoms with Crippen LogP contribution in [-0.2, 0) is 4.79 Å². The molecule has 1 fully saturated rings. The zero-order valence-electron chi connectivity index (χ0n) is 12.9. The van der Waals surface area contributed by atoms with Crippen LogP contribution in [0.1, 0.15) is 32.5 Å². The topological polar surface area (TPSA) is 58.2 Å². The molecule has 2 unspecified atom stereocenters. The van der Waals surface area contributed by atoms with Crippen LogP contribution in [0.3, 0.4) is 0 Å². The number of thiophene rings is 1. The summed E-state index contributed by atoms with van der Waals surface area (Å²) < 4.78 is 13.6. The fraction of sp³-hybridized carbons (Fsp3) is 0.294. The third kappa shape index (κ3) is 3.27. The molecule has 2 amide bonds. The zero-order chi connectivity index (χ0) is 16.6. The van der Waals surface area contributed by atoms with Crippen LogP contribution in [0.5, 0.6) is 0 Å². The Morgan fingerprint density at radius 1 is 1.26 bits per heavy atom. The van der Waals surface area contributed by atoms with Crippen molar-refractivity contribution in [1.82, 2.24) is 5.32 Å². The highest BCUT2D eigenvalue weighted by Gasteiger charge is 2.44. The van der Waals surface area contributed by atoms with E-state index in [0.29, 0.717) is 5.69 Å². The molecule has 0 spiro atoms. The summed E-state index contributed by atoms with van der Waals surface area (Å²) in [5, 5.41) is 5.15. The first-order chi connectivity index (χ1) is 11.0. The fourth-order valence-corrected chi connectivity index (χ4v) is 3.65. The van der Waals surface area contributed by atoms with E-state index < -0.39 is 11.7 Å². The van der Waals surface area contributed by atoms with Crippen molar-refractivity contribution < 1.29 is 14.0 Å². The second kappa shape index (κ2) is 6.12. The normalized spacial score (nSPS) is 19.3. The number of nitrogens with one attached hydrogen (secondary N) is 2. The van der Waals surface area contributed by atoms with Crippen LogP contribution in [-0.4, -0.2) is 18.9 Å². The van der Waals surface area contributed by atoms with Gasteiger partial charge in [0, 0.05) is 34.3 Å². The molecule has 1 aromatic heterocycles. The van der Waals surface area contributed by atoms with Gasteiger partial charge in [-0.05, 0) is 43.7 Å². The van der Waals surface area contributed by atoms with Crippen molar-refractivity contribution >= 4 is 28.8 Å². The van der Waals surface area contributed by atoms with Crippen LogP contribution >= 0.6 is 11.3 Å². The van der Waals surface area contributed by atoms with Gasteiger partial charge in [0.25, 0.3) is 5.91 Å². The Hall–Kier alpha value is -2.21. The van der Waals surface area contributed by atoms with E-state index in [1.54, 1.807) is 11.3 Å². The summed E-state index contributed by atoms with van der Waals surface area (Å²) in [6.45, 7) is 2.05. The molecule has 0 bridgehead atoms. The monoisotopic (exact) mass is 332 g/mol. The first-order valence-electron chi connectivity index (χ1n) is 7.38. The summed E-state index contributed by atoms with van der Waals surface area (Å²) in [5.41, 5.74) is 0.356. The molecular formula is C17H17FN2O2S. The summed E-state index contributed by atoms with van der Waals surface area (Å²) in [7, 11) is 1.44. The van der Waals surface area contributed by atoms with Gasteiger partial charge in [-0.1, -0.05) is 0 Å². The number of hydrogen-bond acceptors (Lipinski definition) is 3. The summed E-state index contributed by atoms with van der Waals surface area (Å²) in [6, 6.07) is 8.14. The minimum absolute atomic E-state index is 0.0541. The molecule has 120 valence electrons. The Balaban J connectivity index is 1.68. The van der Waals surface area contributed by atoms with Crippen molar-refractivity contribution in [3.63, 3.8) is 0 Å². The van der Waals surface area contributed by atoms with E-state index in [1.165, 1.54) is 35.0 Å². The van der Waals surface area contributed by atoms with Crippen LogP contribution in [0.15, 0.2) is 30.3 Å². The molecule has 23 heavy (non-hydrogen) atoms. The third-order valence-electron chi connectivity index (χ3n) is 3.96. The predicted molar refractivity (Wildman–Crippen MR) is 88.3 cm³/mol. The number of benzene rings is 1. The van der Waals surface area contributed by atoms with E-state index in [4.69, 9.17) is 0 Å². The van der Waals surface area contributed by atoms with Gasteiger partial charge >= 0.3 is 0 Å². The van der Waals surface area contributed by atoms with Gasteiger partial charge in [0.05, 0.1) is 5.56 Å². The molecule has 1 aromatic carbocycles. The standard InChI is InChI=1S/C17H17FN2O2S/c1-9-3-6-15(23-9)11-8-12(11)17(22)20-10-4-5-14(18)13(7-10)16(21)19-2/h3-7,11-12H,8H2,1-2H3,(H,19,21)(H,20,22). The van der Waals surface area contributed by atoms with Crippen molar-refractivity contribution in [1.29, 1.82) is 0 Å². The van der Waals surface area contributed by atoms with Crippen molar-refractivity contribution in [3.05, 3.63) is 51.5 Å². The molecule has 1 saturated carbocycles. The zero-order valence-corrected chi connectivity index (χ0v) is 13.7. The Bertz CT molecular complexity index is 772. The number of anilines is 1. The molecule has 4 nitrogen and oxygen atoms in total. The van der Waals surface area contributed by atoms with Gasteiger partial charge in [0.1, 0.15) is 5.82 Å². The molecule has 2 atom stereocenters. The largest absolute Gasteiger partial charge is 0.355 e. The summed E-state index contributed by atoms with van der Waals surface area (Å²) >= 11 is 1.71. The van der Waals surface area contributed by atoms with E-state index in [0.717, 1.165) is 6.42 Å². The number of carbonyl (C=O) groups excluding carboxylic acids is 2. The van der Waals surface area contributed by atoms with E-state index in [9.17, 15) is 14.0 Å². The Kier molecular flexibility index (Phi) is 4.17. The number of aryl methyl sites for hydroxylation is 1. The van der Waals surface area contributed by atoms with Gasteiger partial charge in [-0.2, -0.15) is 0 Å². The van der Waals surface area contributed by atoms with Crippen LogP contribution in [0.2, 0.25) is 0 Å². The number of amides is 2. The molecule has 1 aliphatic carbocycles. The summed E-state index contributed by atoms with van der Waals surface area (Å²) in [5.74, 6) is -0.998. The highest BCUT2D eigenvalue weighted by molar-refractivity contribution is 7.12. The fourth-order valence-electron chi connectivity index (χ4n) is 2.60. The first kappa shape index (κ1) is 15.7. The lowest BCUT2D eigenvalue weighted by Crippen LogP contribution is -2.20. The van der Waals surface area contributed by atoms with Gasteiger partial charge in [-0.25, -0.2) is 4.39 Å². The molecular weight excluding hydrogens is 315 g/mol. The van der Waals surface area contributed by atoms with Crippen LogP contribution in [0, 0.1) is 18.7 Å². The van der Waals surface area contributed by atoms with Crippen molar-refractivity contribution in [2.24, 2.45) is 5.92 Å². The minimum atomic E-state index is -0.610. The number of hydrogen-bond donors (Lipinski definition) is 2. The Labute approximate surface area is 137 Å². The lowest BCUT2D eigenvalue weighted by molar-refractivity contribution is -0.117. The van der Waals surface area contributed by atoms with E-state index >= 15 is 0 Å². The van der Waals surface area contributed by atoms with E-state index in [1.807, 2.05) is 6.92 Å². The minimum Gasteiger partial charge on any atom is -0.355 e. The van der Waals surface area contributed by atoms with Crippen LogP contribution in [0.4, 0.5) is 10.1 Å². The summed E-state index contributed by atoms with van der Waals surface area (Å²) in [4.78, 5) is 26.4. The van der Waals surface area contributed by atoms with Crippen molar-refractivity contribution in [2.45, 2.75) is 19.3 Å². The van der Waals surface area contributed by atoms with Gasteiger partial charge < -0.3 is 10.6 Å². The maximum absolute atomic E-state index is 13.6. The van der Waals surface area contributed by atoms with Gasteiger partial charge in [-0.3, -0.25) is 9.59 Å². The quantitative estimate of drug-likeness (QED) is 0.902. The molecule has 2 aromatic rings. The van der Waals surface area contributed by atoms with Gasteiger partial charge in [0.15, 0.2) is 0 Å². The molecule has 1 heterocycles. The van der Waals surface area contributed by atoms with Gasteiger partial charge in [0.2, 0.25) is 5.91 Å². The molecule has 0 saturated heterocycles. The molecule has 0 aliphatic heterocycles. The average molecular weight is 332 g/mol. The van der Waals surface area contributed by atoms with Crippen molar-refractivity contribution in [2.75, 3.05) is 12.4 Å². The number of halogens is 1. The van der Waals surface area contributed by atoms with Crippen LogP contribution < -0.4 is 10.6 Å². The smallest absolute Gasteiger partial charge is 0.254 e. The number of carbonyl (C=O) groups is 2. The average Bonchev–Trinajstić information content (AvgIpc) is 3.23. The molecule has 1 aliphatic rings. The second-order valence-corrected chi connectivity index (χ2v) is 6.98. The molecule has 2 N–H and O–H groups in total. The maximum atomic E-state index is 13.6. The maximum Gasteiger partial charge on any atom is 0.254 e. The van der Waals surface area contributed by atoms with Gasteiger partial charge in [-0.15, -0.1) is 11.3 Å². The molecule has 6 heteroatoms. The SMILES string of the molecule is CNC(=O)c1cc(NC(=O)C2CC2c2ccc(C)s2)ccc1F. The highest BCUT2D eigenvalue weighted by Crippen LogP contribution is 2.50. The van der Waals surface area contributed by atoms with E-state index in [-0.39, 0.29) is 23.3 Å². The third-order valence-corrected chi connectivity index (χ3v) is 5.09. The summed E-state index contributed by atoms with van der Waals surface area (Å²) in [6.07, 6.45) is 0.829. The lowest BCUT2D eigenvalue weighted by atomic mass is 10.1. The Morgan fingerprint density at radius 2 is 2.04 bits per heavy atom. The molecule has 3 rings (SSSR count). The molecule has 0 radical (unpaired) electrons. The predicted octanol–water partition coefficient (Wildman–Crippen LogP) is 3.30. The Morgan fingerprint density at radius 3 is 2.70 bits per heavy atom. The highest BCUT2D eigenvalue weighted by atomic mass is 32.1. The van der Waals surface area contributed by atoms with Crippen molar-refractivity contribution in [3.8, 4) is 0 Å². The second-order valence-electron chi connectivity index (χ2n) is 5.66. The first-order valence-corrected chi connectivity index (χ1v) is 8.20.